The van der Waals surface area contributed by atoms with E-state index in [1.807, 2.05) is 70.1 Å². The van der Waals surface area contributed by atoms with Crippen LogP contribution in [0.4, 0.5) is 22.4 Å². The van der Waals surface area contributed by atoms with Gasteiger partial charge in [0.2, 0.25) is 5.95 Å². The Morgan fingerprint density at radius 3 is 2.54 bits per heavy atom. The molecule has 1 aliphatic heterocycles. The molecule has 5 rings (SSSR count). The third kappa shape index (κ3) is 6.61. The highest BCUT2D eigenvalue weighted by atomic mass is 16.6. The Labute approximate surface area is 228 Å². The zero-order chi connectivity index (χ0) is 27.6. The van der Waals surface area contributed by atoms with Gasteiger partial charge in [0.05, 0.1) is 29.1 Å². The first-order chi connectivity index (χ1) is 18.6. The molecule has 3 aromatic heterocycles. The maximum atomic E-state index is 12.3. The first kappa shape index (κ1) is 26.4. The van der Waals surface area contributed by atoms with Gasteiger partial charge >= 0.3 is 6.09 Å². The van der Waals surface area contributed by atoms with Crippen LogP contribution in [0, 0.1) is 0 Å². The van der Waals surface area contributed by atoms with E-state index in [0.29, 0.717) is 24.9 Å². The molecule has 4 heterocycles. The van der Waals surface area contributed by atoms with Crippen molar-refractivity contribution in [3.05, 3.63) is 54.5 Å². The number of aromatic nitrogens is 5. The molecule has 4 aromatic rings. The van der Waals surface area contributed by atoms with E-state index in [0.717, 1.165) is 53.3 Å². The number of carbonyl (C=O) groups is 1. The second-order valence-corrected chi connectivity index (χ2v) is 10.9. The summed E-state index contributed by atoms with van der Waals surface area (Å²) in [5, 5.41) is 3.29. The van der Waals surface area contributed by atoms with Crippen LogP contribution in [-0.4, -0.2) is 86.7 Å². The van der Waals surface area contributed by atoms with Gasteiger partial charge < -0.3 is 24.8 Å². The van der Waals surface area contributed by atoms with E-state index in [2.05, 4.69) is 35.1 Å². The normalized spacial score (nSPS) is 14.4. The minimum absolute atomic E-state index is 0.245. The van der Waals surface area contributed by atoms with Crippen molar-refractivity contribution in [1.29, 1.82) is 0 Å². The number of nitrogens with zero attached hydrogens (tertiary/aromatic N) is 7. The largest absolute Gasteiger partial charge is 0.444 e. The van der Waals surface area contributed by atoms with Gasteiger partial charge in [0.1, 0.15) is 17.2 Å². The van der Waals surface area contributed by atoms with Gasteiger partial charge in [-0.2, -0.15) is 0 Å². The highest BCUT2D eigenvalue weighted by Crippen LogP contribution is 2.24. The van der Waals surface area contributed by atoms with Crippen LogP contribution in [0.15, 0.2) is 48.9 Å². The number of benzene rings is 1. The number of H-pyrrole nitrogens is 1. The zero-order valence-electron chi connectivity index (χ0n) is 23.1. The number of rotatable bonds is 6. The van der Waals surface area contributed by atoms with Crippen LogP contribution in [-0.2, 0) is 11.3 Å². The number of imidazole rings is 1. The lowest BCUT2D eigenvalue weighted by molar-refractivity contribution is 0.0139. The zero-order valence-corrected chi connectivity index (χ0v) is 23.1. The number of amides is 1. The van der Waals surface area contributed by atoms with Gasteiger partial charge in [-0.05, 0) is 50.6 Å². The predicted molar refractivity (Wildman–Crippen MR) is 152 cm³/mol. The molecular weight excluding hydrogens is 494 g/mol. The summed E-state index contributed by atoms with van der Waals surface area (Å²) in [5.41, 5.74) is 4.15. The van der Waals surface area contributed by atoms with Crippen molar-refractivity contribution in [3.8, 4) is 11.3 Å². The fourth-order valence-corrected chi connectivity index (χ4v) is 4.36. The van der Waals surface area contributed by atoms with Crippen LogP contribution in [0.3, 0.4) is 0 Å². The Balaban J connectivity index is 1.21. The molecule has 0 spiro atoms. The number of pyridine rings is 1. The topological polar surface area (TPSA) is 115 Å². The number of carbonyl (C=O) groups excluding carboxylic acids is 1. The summed E-state index contributed by atoms with van der Waals surface area (Å²) in [6.07, 6.45) is 5.09. The van der Waals surface area contributed by atoms with E-state index in [9.17, 15) is 4.79 Å². The Kier molecular flexibility index (Phi) is 7.34. The Morgan fingerprint density at radius 1 is 1.05 bits per heavy atom. The maximum absolute atomic E-state index is 12.3. The molecule has 0 saturated carbocycles. The van der Waals surface area contributed by atoms with Crippen molar-refractivity contribution in [3.63, 3.8) is 0 Å². The van der Waals surface area contributed by atoms with Crippen molar-refractivity contribution in [2.24, 2.45) is 0 Å². The second-order valence-electron chi connectivity index (χ2n) is 10.9. The van der Waals surface area contributed by atoms with Crippen LogP contribution < -0.4 is 10.2 Å². The summed E-state index contributed by atoms with van der Waals surface area (Å²) in [6.45, 7) is 9.32. The Morgan fingerprint density at radius 2 is 1.85 bits per heavy atom. The highest BCUT2D eigenvalue weighted by molar-refractivity contribution is 5.83. The van der Waals surface area contributed by atoms with E-state index in [1.54, 1.807) is 23.5 Å². The predicted octanol–water partition coefficient (Wildman–Crippen LogP) is 4.28. The molecular formula is C28H35N9O2. The SMILES string of the molecule is CN(C)c1cnc(-c2ccc3nc(Nc4cc(CN5CCN(C(=O)OC(C)(C)C)CC5)ccn4)[nH]c3c2)cn1. The quantitative estimate of drug-likeness (QED) is 0.378. The summed E-state index contributed by atoms with van der Waals surface area (Å²) < 4.78 is 5.50. The van der Waals surface area contributed by atoms with Crippen LogP contribution in [0.2, 0.25) is 0 Å². The number of hydrogen-bond acceptors (Lipinski definition) is 9. The van der Waals surface area contributed by atoms with E-state index in [-0.39, 0.29) is 6.09 Å². The molecule has 11 nitrogen and oxygen atoms in total. The van der Waals surface area contributed by atoms with Crippen molar-refractivity contribution in [1.82, 2.24) is 34.7 Å². The van der Waals surface area contributed by atoms with Crippen LogP contribution in [0.1, 0.15) is 26.3 Å². The van der Waals surface area contributed by atoms with E-state index < -0.39 is 5.60 Å². The molecule has 39 heavy (non-hydrogen) atoms. The van der Waals surface area contributed by atoms with E-state index in [1.165, 1.54) is 0 Å². The minimum atomic E-state index is -0.482. The lowest BCUT2D eigenvalue weighted by atomic mass is 10.1. The standard InChI is InChI=1S/C28H35N9O2/c1-28(2,3)39-27(38)37-12-10-36(11-13-37)18-19-8-9-29-24(14-19)34-26-32-21-7-6-20(15-22(21)33-26)23-16-31-25(17-30-23)35(4)5/h6-9,14-17H,10-13,18H2,1-5H3,(H2,29,32,33,34). The molecule has 0 radical (unpaired) electrons. The van der Waals surface area contributed by atoms with Gasteiger partial charge in [0, 0.05) is 58.6 Å². The molecule has 2 N–H and O–H groups in total. The number of piperazine rings is 1. The van der Waals surface area contributed by atoms with Gasteiger partial charge in [-0.15, -0.1) is 0 Å². The minimum Gasteiger partial charge on any atom is -0.444 e. The summed E-state index contributed by atoms with van der Waals surface area (Å²) >= 11 is 0. The number of hydrogen-bond donors (Lipinski definition) is 2. The number of nitrogens with one attached hydrogen (secondary N) is 2. The molecule has 0 bridgehead atoms. The van der Waals surface area contributed by atoms with Crippen LogP contribution in [0.25, 0.3) is 22.3 Å². The van der Waals surface area contributed by atoms with E-state index in [4.69, 9.17) is 4.74 Å². The lowest BCUT2D eigenvalue weighted by Gasteiger charge is -2.35. The van der Waals surface area contributed by atoms with Crippen molar-refractivity contribution < 1.29 is 9.53 Å². The second kappa shape index (κ2) is 10.9. The molecule has 204 valence electrons. The Hall–Kier alpha value is -4.25. The van der Waals surface area contributed by atoms with Gasteiger partial charge in [-0.25, -0.2) is 19.7 Å². The summed E-state index contributed by atoms with van der Waals surface area (Å²) in [6, 6.07) is 10.0. The highest BCUT2D eigenvalue weighted by Gasteiger charge is 2.25. The monoisotopic (exact) mass is 529 g/mol. The number of ether oxygens (including phenoxy) is 1. The van der Waals surface area contributed by atoms with Gasteiger partial charge in [-0.3, -0.25) is 9.88 Å². The fraction of sp³-hybridized carbons (Fsp3) is 0.393. The Bertz CT molecular complexity index is 1440. The molecule has 1 saturated heterocycles. The first-order valence-corrected chi connectivity index (χ1v) is 13.0. The van der Waals surface area contributed by atoms with Gasteiger partial charge in [0.15, 0.2) is 0 Å². The van der Waals surface area contributed by atoms with Crippen molar-refractivity contribution in [2.75, 3.05) is 50.5 Å². The lowest BCUT2D eigenvalue weighted by Crippen LogP contribution is -2.49. The number of anilines is 3. The van der Waals surface area contributed by atoms with Crippen LogP contribution in [0.5, 0.6) is 0 Å². The molecule has 1 amide bonds. The third-order valence-electron chi connectivity index (χ3n) is 6.38. The van der Waals surface area contributed by atoms with Crippen LogP contribution >= 0.6 is 0 Å². The van der Waals surface area contributed by atoms with Gasteiger partial charge in [0.25, 0.3) is 0 Å². The van der Waals surface area contributed by atoms with E-state index >= 15 is 0 Å². The van der Waals surface area contributed by atoms with Crippen molar-refractivity contribution >= 4 is 34.7 Å². The molecule has 1 aromatic carbocycles. The summed E-state index contributed by atoms with van der Waals surface area (Å²) in [4.78, 5) is 39.8. The molecule has 11 heteroatoms. The summed E-state index contributed by atoms with van der Waals surface area (Å²) in [7, 11) is 3.88. The molecule has 0 atom stereocenters. The fourth-order valence-electron chi connectivity index (χ4n) is 4.36. The van der Waals surface area contributed by atoms with Gasteiger partial charge in [-0.1, -0.05) is 6.07 Å². The average Bonchev–Trinajstić information content (AvgIpc) is 3.30. The molecule has 0 aliphatic carbocycles. The molecule has 1 aliphatic rings. The summed E-state index contributed by atoms with van der Waals surface area (Å²) in [5.74, 6) is 2.14. The van der Waals surface area contributed by atoms with Crippen molar-refractivity contribution in [2.45, 2.75) is 32.9 Å². The molecule has 0 unspecified atom stereocenters. The smallest absolute Gasteiger partial charge is 0.410 e. The first-order valence-electron chi connectivity index (χ1n) is 13.0. The third-order valence-corrected chi connectivity index (χ3v) is 6.38. The average molecular weight is 530 g/mol. The maximum Gasteiger partial charge on any atom is 0.410 e. The number of fused-ring (bicyclic) bond motifs is 1. The molecule has 1 fully saturated rings. The number of aromatic amines is 1.